The van der Waals surface area contributed by atoms with Crippen LogP contribution in [0.25, 0.3) is 75.2 Å². The van der Waals surface area contributed by atoms with Crippen molar-refractivity contribution in [3.8, 4) is 55.9 Å². The van der Waals surface area contributed by atoms with Crippen LogP contribution < -0.4 is 0 Å². The van der Waals surface area contributed by atoms with E-state index in [1.807, 2.05) is 0 Å². The molecule has 6 aromatic carbocycles. The van der Waals surface area contributed by atoms with Gasteiger partial charge >= 0.3 is 275 Å². The van der Waals surface area contributed by atoms with Crippen LogP contribution in [0.5, 0.6) is 0 Å². The van der Waals surface area contributed by atoms with Crippen LogP contribution in [0.2, 0.25) is 0 Å². The van der Waals surface area contributed by atoms with Crippen LogP contribution >= 0.6 is 0 Å². The molecule has 8 aromatic rings. The van der Waals surface area contributed by atoms with Gasteiger partial charge in [0.05, 0.1) is 0 Å². The molecule has 0 N–H and O–H groups in total. The van der Waals surface area contributed by atoms with Gasteiger partial charge in [-0.05, 0) is 0 Å². The third-order valence-corrected chi connectivity index (χ3v) is 11.9. The number of rotatable bonds is 4. The van der Waals surface area contributed by atoms with Gasteiger partial charge in [-0.15, -0.1) is 0 Å². The summed E-state index contributed by atoms with van der Waals surface area (Å²) in [6.07, 6.45) is 0.879. The number of aryl methyl sites for hydroxylation is 1. The molecule has 2 heterocycles. The van der Waals surface area contributed by atoms with E-state index in [2.05, 4.69) is 146 Å². The Morgan fingerprint density at radius 3 is 2.07 bits per heavy atom. The van der Waals surface area contributed by atoms with Gasteiger partial charge in [-0.25, -0.2) is 0 Å². The Hall–Kier alpha value is -5.15. The van der Waals surface area contributed by atoms with Gasteiger partial charge in [-0.3, -0.25) is 0 Å². The Labute approximate surface area is 274 Å². The molecule has 218 valence electrons. The molecule has 0 fully saturated rings. The van der Waals surface area contributed by atoms with E-state index < -0.39 is 0 Å². The second-order valence-electron chi connectivity index (χ2n) is 12.1. The fraction of sp³-hybridized carbons (Fsp3) is 0.0714. The van der Waals surface area contributed by atoms with Crippen LogP contribution in [0, 0.1) is 13.8 Å². The summed E-state index contributed by atoms with van der Waals surface area (Å²) < 4.78 is 2.83. The summed E-state index contributed by atoms with van der Waals surface area (Å²) in [6.45, 7) is 4.49. The minimum absolute atomic E-state index is 0.246. The summed E-state index contributed by atoms with van der Waals surface area (Å²) in [5, 5.41) is 16.9. The molecule has 3 nitrogen and oxygen atoms in total. The average molecular weight is 655 g/mol. The third kappa shape index (κ3) is 4.15. The Bertz CT molecular complexity index is 2460. The van der Waals surface area contributed by atoms with E-state index in [4.69, 9.17) is 10.2 Å². The van der Waals surface area contributed by atoms with E-state index in [-0.39, 0.29) is 14.5 Å². The molecule has 1 aliphatic rings. The zero-order valence-electron chi connectivity index (χ0n) is 25.6. The van der Waals surface area contributed by atoms with Crippen molar-refractivity contribution in [3.63, 3.8) is 0 Å². The number of benzene rings is 6. The van der Waals surface area contributed by atoms with Gasteiger partial charge in [0.25, 0.3) is 0 Å². The first-order chi connectivity index (χ1) is 22.7. The summed E-state index contributed by atoms with van der Waals surface area (Å²) in [4.78, 5) is 0. The van der Waals surface area contributed by atoms with Gasteiger partial charge < -0.3 is 0 Å². The molecule has 9 rings (SSSR count). The molecule has 0 amide bonds. The summed E-state index contributed by atoms with van der Waals surface area (Å²) in [7, 11) is 0. The molecule has 0 bridgehead atoms. The molecule has 2 aromatic heterocycles. The normalized spacial score (nSPS) is 12.0. The van der Waals surface area contributed by atoms with Crippen LogP contribution in [0.15, 0.2) is 127 Å². The van der Waals surface area contributed by atoms with Crippen molar-refractivity contribution in [1.29, 1.82) is 0 Å². The van der Waals surface area contributed by atoms with E-state index in [1.54, 1.807) is 0 Å². The first kappa shape index (κ1) is 27.2. The van der Waals surface area contributed by atoms with Crippen molar-refractivity contribution in [2.75, 3.05) is 0 Å². The van der Waals surface area contributed by atoms with Crippen molar-refractivity contribution in [3.05, 3.63) is 150 Å². The molecule has 0 saturated carbocycles. The first-order valence-corrected chi connectivity index (χ1v) is 17.4. The standard InChI is InChI=1S/C42H29N3Se/c1-25-23-33-30-18-10-9-17-29(30)24-34(33)37(26(25)2)40-41(28-15-7-4-8-16-28)43-45-44-42(40)32-21-22-36-39(31-19-11-12-20-35(31)46-36)38(32)27-13-5-3-6-14-27/h3-23H,24H2,1-2H3. The predicted molar refractivity (Wildman–Crippen MR) is 191 cm³/mol. The molecule has 0 spiro atoms. The van der Waals surface area contributed by atoms with Crippen molar-refractivity contribution in [2.24, 2.45) is 0 Å². The number of hydrogen-bond acceptors (Lipinski definition) is 3. The van der Waals surface area contributed by atoms with E-state index in [9.17, 15) is 0 Å². The fourth-order valence-corrected chi connectivity index (χ4v) is 9.66. The van der Waals surface area contributed by atoms with Gasteiger partial charge in [0.1, 0.15) is 0 Å². The molecule has 1 aliphatic carbocycles. The number of nitrogens with zero attached hydrogens (tertiary/aromatic N) is 3. The molecule has 0 aliphatic heterocycles. The number of hydrogen-bond donors (Lipinski definition) is 0. The molecule has 0 radical (unpaired) electrons. The van der Waals surface area contributed by atoms with Gasteiger partial charge in [0.15, 0.2) is 0 Å². The van der Waals surface area contributed by atoms with Gasteiger partial charge in [-0.1, -0.05) is 0 Å². The quantitative estimate of drug-likeness (QED) is 0.177. The van der Waals surface area contributed by atoms with Gasteiger partial charge in [0, 0.05) is 0 Å². The minimum atomic E-state index is 0.246. The third-order valence-electron chi connectivity index (χ3n) is 9.55. The molecule has 0 saturated heterocycles. The van der Waals surface area contributed by atoms with Crippen LogP contribution in [-0.4, -0.2) is 29.9 Å². The van der Waals surface area contributed by atoms with E-state index in [0.29, 0.717) is 0 Å². The summed E-state index contributed by atoms with van der Waals surface area (Å²) in [5.74, 6) is 0. The van der Waals surface area contributed by atoms with Crippen molar-refractivity contribution in [2.45, 2.75) is 20.3 Å². The van der Waals surface area contributed by atoms with E-state index in [1.165, 1.54) is 69.4 Å². The Morgan fingerprint density at radius 2 is 1.24 bits per heavy atom. The van der Waals surface area contributed by atoms with Crippen LogP contribution in [0.1, 0.15) is 22.3 Å². The topological polar surface area (TPSA) is 38.7 Å². The van der Waals surface area contributed by atoms with Crippen molar-refractivity contribution in [1.82, 2.24) is 15.4 Å². The molecule has 0 atom stereocenters. The Balaban J connectivity index is 1.44. The zero-order valence-corrected chi connectivity index (χ0v) is 27.3. The van der Waals surface area contributed by atoms with Crippen LogP contribution in [0.4, 0.5) is 0 Å². The molecular weight excluding hydrogens is 625 g/mol. The Kier molecular flexibility index (Phi) is 6.34. The molecule has 46 heavy (non-hydrogen) atoms. The summed E-state index contributed by atoms with van der Waals surface area (Å²) in [6, 6.07) is 46.0. The second-order valence-corrected chi connectivity index (χ2v) is 14.4. The molecule has 0 unspecified atom stereocenters. The zero-order chi connectivity index (χ0) is 30.8. The fourth-order valence-electron chi connectivity index (χ4n) is 7.33. The van der Waals surface area contributed by atoms with Crippen molar-refractivity contribution >= 4 is 33.8 Å². The number of fused-ring (bicyclic) bond motifs is 6. The van der Waals surface area contributed by atoms with E-state index >= 15 is 0 Å². The monoisotopic (exact) mass is 655 g/mol. The first-order valence-electron chi connectivity index (χ1n) is 15.7. The van der Waals surface area contributed by atoms with Crippen LogP contribution in [0.3, 0.4) is 0 Å². The predicted octanol–water partition coefficient (Wildman–Crippen LogP) is 10.1. The molecular formula is C42H29N3Se. The summed E-state index contributed by atoms with van der Waals surface area (Å²) in [5.41, 5.74) is 16.4. The summed E-state index contributed by atoms with van der Waals surface area (Å²) >= 11 is 0.246. The van der Waals surface area contributed by atoms with Gasteiger partial charge in [0.2, 0.25) is 0 Å². The van der Waals surface area contributed by atoms with Crippen molar-refractivity contribution < 1.29 is 0 Å². The average Bonchev–Trinajstić information content (AvgIpc) is 3.67. The van der Waals surface area contributed by atoms with Gasteiger partial charge in [-0.2, -0.15) is 0 Å². The maximum absolute atomic E-state index is 4.97. The second kappa shape index (κ2) is 10.7. The maximum atomic E-state index is 4.97. The number of aromatic nitrogens is 3. The van der Waals surface area contributed by atoms with Crippen LogP contribution in [-0.2, 0) is 6.42 Å². The van der Waals surface area contributed by atoms with E-state index in [0.717, 1.165) is 34.5 Å². The SMILES string of the molecule is Cc1cc2c(c(-c3c(-c4ccccc4)nnnc3-c3ccc4[se]c5ccccc5c4c3-c3ccccc3)c1C)Cc1ccccc1-2. The Morgan fingerprint density at radius 1 is 0.543 bits per heavy atom. The molecule has 4 heteroatoms.